The molecular formula is C19H25N3O2. The van der Waals surface area contributed by atoms with Crippen LogP contribution in [-0.2, 0) is 11.3 Å². The van der Waals surface area contributed by atoms with Crippen molar-refractivity contribution in [1.29, 1.82) is 0 Å². The van der Waals surface area contributed by atoms with E-state index >= 15 is 0 Å². The zero-order valence-electron chi connectivity index (χ0n) is 14.4. The van der Waals surface area contributed by atoms with E-state index in [4.69, 9.17) is 4.52 Å². The van der Waals surface area contributed by atoms with Gasteiger partial charge in [-0.15, -0.1) is 0 Å². The molecule has 1 amide bonds. The first-order valence-electron chi connectivity index (χ1n) is 8.61. The van der Waals surface area contributed by atoms with Crippen LogP contribution in [0.5, 0.6) is 0 Å². The molecule has 1 fully saturated rings. The Morgan fingerprint density at radius 1 is 1.25 bits per heavy atom. The summed E-state index contributed by atoms with van der Waals surface area (Å²) in [5.41, 5.74) is 1.87. The van der Waals surface area contributed by atoms with E-state index in [1.807, 2.05) is 55.3 Å². The third kappa shape index (κ3) is 3.85. The van der Waals surface area contributed by atoms with Crippen LogP contribution in [0.4, 0.5) is 0 Å². The van der Waals surface area contributed by atoms with E-state index in [0.29, 0.717) is 6.54 Å². The third-order valence-electron chi connectivity index (χ3n) is 4.55. The number of aryl methyl sites for hydroxylation is 1. The second-order valence-corrected chi connectivity index (χ2v) is 6.54. The zero-order chi connectivity index (χ0) is 16.9. The Hall–Kier alpha value is -2.14. The van der Waals surface area contributed by atoms with Gasteiger partial charge in [-0.05, 0) is 38.8 Å². The molecule has 24 heavy (non-hydrogen) atoms. The number of likely N-dealkylation sites (tertiary alicyclic amines) is 1. The summed E-state index contributed by atoms with van der Waals surface area (Å²) < 4.78 is 5.16. The van der Waals surface area contributed by atoms with Gasteiger partial charge in [-0.2, -0.15) is 0 Å². The molecule has 0 saturated carbocycles. The van der Waals surface area contributed by atoms with Crippen molar-refractivity contribution in [2.75, 3.05) is 20.1 Å². The fourth-order valence-corrected chi connectivity index (χ4v) is 3.35. The summed E-state index contributed by atoms with van der Waals surface area (Å²) in [5, 5.41) is 4.06. The second kappa shape index (κ2) is 7.62. The topological polar surface area (TPSA) is 49.6 Å². The highest BCUT2D eigenvalue weighted by Crippen LogP contribution is 2.25. The van der Waals surface area contributed by atoms with E-state index in [1.54, 1.807) is 0 Å². The van der Waals surface area contributed by atoms with Gasteiger partial charge in [0.15, 0.2) is 0 Å². The minimum atomic E-state index is -0.290. The number of carbonyl (C=O) groups is 1. The Morgan fingerprint density at radius 3 is 2.58 bits per heavy atom. The normalized spacial score (nSPS) is 16.4. The molecule has 0 bridgehead atoms. The molecule has 1 atom stereocenters. The van der Waals surface area contributed by atoms with Crippen LogP contribution in [-0.4, -0.2) is 41.0 Å². The molecule has 1 aromatic carbocycles. The minimum Gasteiger partial charge on any atom is -0.361 e. The summed E-state index contributed by atoms with van der Waals surface area (Å²) in [7, 11) is 1.98. The first-order valence-corrected chi connectivity index (χ1v) is 8.61. The second-order valence-electron chi connectivity index (χ2n) is 6.54. The van der Waals surface area contributed by atoms with Gasteiger partial charge in [-0.1, -0.05) is 35.5 Å². The highest BCUT2D eigenvalue weighted by Gasteiger charge is 2.30. The molecule has 1 aromatic heterocycles. The average molecular weight is 327 g/mol. The minimum absolute atomic E-state index is 0.184. The molecule has 128 valence electrons. The highest BCUT2D eigenvalue weighted by atomic mass is 16.5. The quantitative estimate of drug-likeness (QED) is 0.846. The molecule has 0 radical (unpaired) electrons. The van der Waals surface area contributed by atoms with Gasteiger partial charge in [0, 0.05) is 25.7 Å². The largest absolute Gasteiger partial charge is 0.361 e. The van der Waals surface area contributed by atoms with E-state index in [1.165, 1.54) is 6.42 Å². The van der Waals surface area contributed by atoms with Crippen molar-refractivity contribution in [3.05, 3.63) is 53.4 Å². The van der Waals surface area contributed by atoms with Crippen LogP contribution < -0.4 is 0 Å². The Labute approximate surface area is 143 Å². The number of hydrogen-bond donors (Lipinski definition) is 0. The molecule has 2 heterocycles. The first kappa shape index (κ1) is 16.7. The first-order chi connectivity index (χ1) is 11.6. The van der Waals surface area contributed by atoms with E-state index in [2.05, 4.69) is 10.1 Å². The molecule has 1 unspecified atom stereocenters. The fourth-order valence-electron chi connectivity index (χ4n) is 3.35. The monoisotopic (exact) mass is 327 g/mol. The van der Waals surface area contributed by atoms with Crippen LogP contribution in [0.2, 0.25) is 0 Å². The van der Waals surface area contributed by atoms with E-state index < -0.39 is 0 Å². The Kier molecular flexibility index (Phi) is 5.30. The molecule has 0 N–H and O–H groups in total. The smallest absolute Gasteiger partial charge is 0.244 e. The summed E-state index contributed by atoms with van der Waals surface area (Å²) in [6.45, 7) is 4.18. The zero-order valence-corrected chi connectivity index (χ0v) is 14.4. The van der Waals surface area contributed by atoms with Gasteiger partial charge in [0.1, 0.15) is 11.8 Å². The number of nitrogens with zero attached hydrogens (tertiary/aromatic N) is 3. The lowest BCUT2D eigenvalue weighted by Crippen LogP contribution is -2.43. The van der Waals surface area contributed by atoms with Crippen molar-refractivity contribution >= 4 is 5.91 Å². The van der Waals surface area contributed by atoms with Gasteiger partial charge in [-0.25, -0.2) is 0 Å². The number of likely N-dealkylation sites (N-methyl/N-ethyl adjacent to an activating group) is 1. The lowest BCUT2D eigenvalue weighted by Gasteiger charge is -2.34. The lowest BCUT2D eigenvalue weighted by atomic mass is 10.0. The van der Waals surface area contributed by atoms with Gasteiger partial charge >= 0.3 is 0 Å². The molecule has 1 saturated heterocycles. The maximum atomic E-state index is 13.2. The van der Waals surface area contributed by atoms with Crippen molar-refractivity contribution in [2.24, 2.45) is 0 Å². The van der Waals surface area contributed by atoms with Crippen LogP contribution in [0, 0.1) is 6.92 Å². The summed E-state index contributed by atoms with van der Waals surface area (Å²) in [4.78, 5) is 17.2. The SMILES string of the molecule is Cc1cc(CN(C)C(C(=O)N2CCCCC2)c2ccccc2)no1. The van der Waals surface area contributed by atoms with Crippen molar-refractivity contribution < 1.29 is 9.32 Å². The number of hydrogen-bond acceptors (Lipinski definition) is 4. The average Bonchev–Trinajstić information content (AvgIpc) is 3.01. The Bertz CT molecular complexity index is 662. The molecule has 5 heteroatoms. The Morgan fingerprint density at radius 2 is 1.96 bits per heavy atom. The number of aromatic nitrogens is 1. The predicted octanol–water partition coefficient (Wildman–Crippen LogP) is 3.17. The lowest BCUT2D eigenvalue weighted by molar-refractivity contribution is -0.138. The Balaban J connectivity index is 1.82. The fraction of sp³-hybridized carbons (Fsp3) is 0.474. The molecule has 0 aliphatic carbocycles. The number of rotatable bonds is 5. The van der Waals surface area contributed by atoms with Crippen molar-refractivity contribution in [3.63, 3.8) is 0 Å². The summed E-state index contributed by atoms with van der Waals surface area (Å²) in [5.74, 6) is 0.973. The van der Waals surface area contributed by atoms with Crippen LogP contribution in [0.15, 0.2) is 40.9 Å². The van der Waals surface area contributed by atoms with E-state index in [-0.39, 0.29) is 11.9 Å². The summed E-state index contributed by atoms with van der Waals surface area (Å²) >= 11 is 0. The number of benzene rings is 1. The standard InChI is InChI=1S/C19H25N3O2/c1-15-13-17(20-24-15)14-21(2)18(16-9-5-3-6-10-16)19(23)22-11-7-4-8-12-22/h3,5-6,9-10,13,18H,4,7-8,11-12,14H2,1-2H3. The summed E-state index contributed by atoms with van der Waals surface area (Å²) in [6, 6.07) is 11.6. The van der Waals surface area contributed by atoms with Gasteiger partial charge in [0.05, 0.1) is 5.69 Å². The van der Waals surface area contributed by atoms with E-state index in [0.717, 1.165) is 42.9 Å². The maximum absolute atomic E-state index is 13.2. The van der Waals surface area contributed by atoms with Crippen molar-refractivity contribution in [3.8, 4) is 0 Å². The number of amides is 1. The van der Waals surface area contributed by atoms with Gasteiger partial charge in [-0.3, -0.25) is 9.69 Å². The van der Waals surface area contributed by atoms with Crippen molar-refractivity contribution in [1.82, 2.24) is 15.0 Å². The van der Waals surface area contributed by atoms with Crippen LogP contribution in [0.3, 0.4) is 0 Å². The predicted molar refractivity (Wildman–Crippen MR) is 92.3 cm³/mol. The molecule has 5 nitrogen and oxygen atoms in total. The maximum Gasteiger partial charge on any atom is 0.244 e. The van der Waals surface area contributed by atoms with Gasteiger partial charge < -0.3 is 9.42 Å². The number of piperidine rings is 1. The molecule has 1 aliphatic rings. The van der Waals surface area contributed by atoms with Crippen LogP contribution in [0.1, 0.15) is 42.3 Å². The molecule has 2 aromatic rings. The molecule has 1 aliphatic heterocycles. The van der Waals surface area contributed by atoms with Gasteiger partial charge in [0.25, 0.3) is 0 Å². The molecule has 0 spiro atoms. The van der Waals surface area contributed by atoms with Crippen molar-refractivity contribution in [2.45, 2.75) is 38.8 Å². The van der Waals surface area contributed by atoms with Crippen LogP contribution in [0.25, 0.3) is 0 Å². The highest BCUT2D eigenvalue weighted by molar-refractivity contribution is 5.83. The molecule has 3 rings (SSSR count). The number of carbonyl (C=O) groups excluding carboxylic acids is 1. The third-order valence-corrected chi connectivity index (χ3v) is 4.55. The van der Waals surface area contributed by atoms with Gasteiger partial charge in [0.2, 0.25) is 5.91 Å². The molecular weight excluding hydrogens is 302 g/mol. The van der Waals surface area contributed by atoms with Crippen LogP contribution >= 0.6 is 0 Å². The van der Waals surface area contributed by atoms with E-state index in [9.17, 15) is 4.79 Å². The summed E-state index contributed by atoms with van der Waals surface area (Å²) in [6.07, 6.45) is 3.41.